The molecule has 0 bridgehead atoms. The maximum Gasteiger partial charge on any atom is 0.172 e. The van der Waals surface area contributed by atoms with Crippen LogP contribution in [0.15, 0.2) is 48.5 Å². The smallest absolute Gasteiger partial charge is 0.172 e. The van der Waals surface area contributed by atoms with Gasteiger partial charge in [0, 0.05) is 25.3 Å². The van der Waals surface area contributed by atoms with E-state index < -0.39 is 0 Å². The molecule has 116 valence electrons. The number of carbonyl (C=O) groups is 1. The number of benzene rings is 2. The lowest BCUT2D eigenvalue weighted by atomic mass is 10.0. The van der Waals surface area contributed by atoms with Crippen LogP contribution in [0, 0.1) is 6.92 Å². The molecule has 0 amide bonds. The Kier molecular flexibility index (Phi) is 3.93. The Morgan fingerprint density at radius 1 is 1.04 bits per heavy atom. The van der Waals surface area contributed by atoms with Gasteiger partial charge in [0.15, 0.2) is 12.0 Å². The van der Waals surface area contributed by atoms with Crippen LogP contribution in [-0.2, 0) is 0 Å². The maximum absolute atomic E-state index is 11.4. The standard InChI is InChI=1S/C18H18N4O/c1-13-6-4-5-7-16(13)18-17(12-23)19-20-22(18)15-10-8-14(9-11-15)21(2)3/h4-12H,1-3H3. The van der Waals surface area contributed by atoms with Crippen molar-refractivity contribution in [2.45, 2.75) is 6.92 Å². The normalized spacial score (nSPS) is 10.6. The summed E-state index contributed by atoms with van der Waals surface area (Å²) in [6.07, 6.45) is 0.749. The highest BCUT2D eigenvalue weighted by atomic mass is 16.1. The van der Waals surface area contributed by atoms with Crippen LogP contribution in [0.25, 0.3) is 16.9 Å². The number of hydrogen-bond donors (Lipinski definition) is 0. The average molecular weight is 306 g/mol. The third kappa shape index (κ3) is 2.73. The van der Waals surface area contributed by atoms with Crippen LogP contribution < -0.4 is 4.90 Å². The second-order valence-corrected chi connectivity index (χ2v) is 5.58. The summed E-state index contributed by atoms with van der Waals surface area (Å²) >= 11 is 0. The van der Waals surface area contributed by atoms with Gasteiger partial charge in [-0.05, 0) is 36.8 Å². The number of hydrogen-bond acceptors (Lipinski definition) is 4. The number of aldehydes is 1. The third-order valence-electron chi connectivity index (χ3n) is 3.82. The summed E-state index contributed by atoms with van der Waals surface area (Å²) in [5, 5.41) is 8.19. The molecule has 2 aromatic carbocycles. The molecule has 0 saturated heterocycles. The SMILES string of the molecule is Cc1ccccc1-c1c(C=O)nnn1-c1ccc(N(C)C)cc1. The highest BCUT2D eigenvalue weighted by molar-refractivity contribution is 5.85. The summed E-state index contributed by atoms with van der Waals surface area (Å²) in [5.41, 5.74) is 5.06. The summed E-state index contributed by atoms with van der Waals surface area (Å²) in [4.78, 5) is 13.4. The Morgan fingerprint density at radius 2 is 1.74 bits per heavy atom. The van der Waals surface area contributed by atoms with E-state index >= 15 is 0 Å². The number of aromatic nitrogens is 3. The molecule has 5 nitrogen and oxygen atoms in total. The van der Waals surface area contributed by atoms with E-state index in [1.165, 1.54) is 0 Å². The minimum atomic E-state index is 0.344. The van der Waals surface area contributed by atoms with Crippen molar-refractivity contribution < 1.29 is 4.79 Å². The van der Waals surface area contributed by atoms with Gasteiger partial charge in [-0.15, -0.1) is 5.10 Å². The first-order valence-corrected chi connectivity index (χ1v) is 7.36. The van der Waals surface area contributed by atoms with E-state index in [0.29, 0.717) is 5.69 Å². The summed E-state index contributed by atoms with van der Waals surface area (Å²) in [6, 6.07) is 15.9. The lowest BCUT2D eigenvalue weighted by Gasteiger charge is -2.14. The molecule has 23 heavy (non-hydrogen) atoms. The Hall–Kier alpha value is -2.95. The predicted molar refractivity (Wildman–Crippen MR) is 91.2 cm³/mol. The zero-order valence-corrected chi connectivity index (χ0v) is 13.4. The summed E-state index contributed by atoms with van der Waals surface area (Å²) in [6.45, 7) is 2.01. The molecule has 3 rings (SSSR count). The summed E-state index contributed by atoms with van der Waals surface area (Å²) in [7, 11) is 3.99. The molecule has 0 spiro atoms. The van der Waals surface area contributed by atoms with Crippen LogP contribution in [-0.4, -0.2) is 35.4 Å². The van der Waals surface area contributed by atoms with Crippen LogP contribution in [0.4, 0.5) is 5.69 Å². The highest BCUT2D eigenvalue weighted by Gasteiger charge is 2.17. The van der Waals surface area contributed by atoms with Gasteiger partial charge in [-0.2, -0.15) is 0 Å². The predicted octanol–water partition coefficient (Wildman–Crippen LogP) is 3.12. The van der Waals surface area contributed by atoms with Crippen LogP contribution >= 0.6 is 0 Å². The van der Waals surface area contributed by atoms with Crippen LogP contribution in [0.5, 0.6) is 0 Å². The molecule has 0 radical (unpaired) electrons. The number of carbonyl (C=O) groups excluding carboxylic acids is 1. The zero-order chi connectivity index (χ0) is 16.4. The van der Waals surface area contributed by atoms with Gasteiger partial charge in [-0.1, -0.05) is 29.5 Å². The molecule has 1 aromatic heterocycles. The highest BCUT2D eigenvalue weighted by Crippen LogP contribution is 2.27. The molecule has 0 fully saturated rings. The number of rotatable bonds is 4. The first-order valence-electron chi connectivity index (χ1n) is 7.36. The quantitative estimate of drug-likeness (QED) is 0.695. The van der Waals surface area contributed by atoms with Gasteiger partial charge in [0.2, 0.25) is 0 Å². The average Bonchev–Trinajstić information content (AvgIpc) is 2.99. The van der Waals surface area contributed by atoms with Crippen molar-refractivity contribution in [3.63, 3.8) is 0 Å². The molecule has 0 atom stereocenters. The van der Waals surface area contributed by atoms with E-state index in [9.17, 15) is 4.79 Å². The van der Waals surface area contributed by atoms with Crippen molar-refractivity contribution in [2.24, 2.45) is 0 Å². The second-order valence-electron chi connectivity index (χ2n) is 5.58. The largest absolute Gasteiger partial charge is 0.378 e. The fourth-order valence-corrected chi connectivity index (χ4v) is 2.54. The minimum absolute atomic E-state index is 0.344. The van der Waals surface area contributed by atoms with Crippen molar-refractivity contribution in [2.75, 3.05) is 19.0 Å². The van der Waals surface area contributed by atoms with E-state index in [0.717, 1.165) is 34.5 Å². The molecule has 0 N–H and O–H groups in total. The van der Waals surface area contributed by atoms with Gasteiger partial charge < -0.3 is 4.90 Å². The molecule has 0 aliphatic heterocycles. The summed E-state index contributed by atoms with van der Waals surface area (Å²) in [5.74, 6) is 0. The van der Waals surface area contributed by atoms with Crippen LogP contribution in [0.1, 0.15) is 16.1 Å². The second kappa shape index (κ2) is 6.04. The number of anilines is 1. The molecule has 3 aromatic rings. The zero-order valence-electron chi connectivity index (χ0n) is 13.4. The molecule has 0 aliphatic carbocycles. The van der Waals surface area contributed by atoms with E-state index in [2.05, 4.69) is 10.3 Å². The Bertz CT molecular complexity index is 834. The minimum Gasteiger partial charge on any atom is -0.378 e. The summed E-state index contributed by atoms with van der Waals surface area (Å²) < 4.78 is 1.71. The molecule has 0 aliphatic rings. The lowest BCUT2D eigenvalue weighted by molar-refractivity contribution is 0.111. The Morgan fingerprint density at radius 3 is 2.35 bits per heavy atom. The molecule has 0 unspecified atom stereocenters. The first-order chi connectivity index (χ1) is 11.1. The Labute approximate surface area is 135 Å². The van der Waals surface area contributed by atoms with E-state index in [-0.39, 0.29) is 0 Å². The molecular formula is C18H18N4O. The molecular weight excluding hydrogens is 288 g/mol. The lowest BCUT2D eigenvalue weighted by Crippen LogP contribution is -2.08. The fraction of sp³-hybridized carbons (Fsp3) is 0.167. The molecule has 0 saturated carbocycles. The van der Waals surface area contributed by atoms with Crippen molar-refractivity contribution in [1.29, 1.82) is 0 Å². The van der Waals surface area contributed by atoms with E-state index in [1.54, 1.807) is 4.68 Å². The van der Waals surface area contributed by atoms with Crippen molar-refractivity contribution in [1.82, 2.24) is 15.0 Å². The molecule has 1 heterocycles. The van der Waals surface area contributed by atoms with Crippen LogP contribution in [0.3, 0.4) is 0 Å². The van der Waals surface area contributed by atoms with Gasteiger partial charge in [-0.25, -0.2) is 4.68 Å². The topological polar surface area (TPSA) is 51.0 Å². The van der Waals surface area contributed by atoms with Gasteiger partial charge in [0.1, 0.15) is 5.69 Å². The van der Waals surface area contributed by atoms with Crippen molar-refractivity contribution in [3.8, 4) is 16.9 Å². The maximum atomic E-state index is 11.4. The number of nitrogens with zero attached hydrogens (tertiary/aromatic N) is 4. The van der Waals surface area contributed by atoms with Gasteiger partial charge >= 0.3 is 0 Å². The van der Waals surface area contributed by atoms with E-state index in [1.807, 2.05) is 74.4 Å². The number of aryl methyl sites for hydroxylation is 1. The molecule has 5 heteroatoms. The van der Waals surface area contributed by atoms with Crippen molar-refractivity contribution in [3.05, 3.63) is 59.8 Å². The van der Waals surface area contributed by atoms with Gasteiger partial charge in [-0.3, -0.25) is 4.79 Å². The van der Waals surface area contributed by atoms with Gasteiger partial charge in [0.05, 0.1) is 5.69 Å². The Balaban J connectivity index is 2.16. The van der Waals surface area contributed by atoms with Crippen LogP contribution in [0.2, 0.25) is 0 Å². The fourth-order valence-electron chi connectivity index (χ4n) is 2.54. The van der Waals surface area contributed by atoms with E-state index in [4.69, 9.17) is 0 Å². The monoisotopic (exact) mass is 306 g/mol. The van der Waals surface area contributed by atoms with Gasteiger partial charge in [0.25, 0.3) is 0 Å². The third-order valence-corrected chi connectivity index (χ3v) is 3.82. The van der Waals surface area contributed by atoms with Crippen molar-refractivity contribution >= 4 is 12.0 Å². The first kappa shape index (κ1) is 15.0.